The van der Waals surface area contributed by atoms with E-state index < -0.39 is 5.97 Å². The van der Waals surface area contributed by atoms with Gasteiger partial charge in [-0.05, 0) is 37.5 Å². The first-order chi connectivity index (χ1) is 9.41. The van der Waals surface area contributed by atoms with Crippen LogP contribution in [0.4, 0.5) is 0 Å². The van der Waals surface area contributed by atoms with Gasteiger partial charge in [-0.2, -0.15) is 0 Å². The Morgan fingerprint density at radius 1 is 1.20 bits per heavy atom. The van der Waals surface area contributed by atoms with Crippen LogP contribution in [0.25, 0.3) is 0 Å². The third-order valence-electron chi connectivity index (χ3n) is 4.19. The summed E-state index contributed by atoms with van der Waals surface area (Å²) in [6.45, 7) is 5.21. The predicted octanol–water partition coefficient (Wildman–Crippen LogP) is 3.35. The van der Waals surface area contributed by atoms with Gasteiger partial charge in [-0.1, -0.05) is 33.1 Å². The highest BCUT2D eigenvalue weighted by atomic mass is 16.4. The first kappa shape index (κ1) is 17.0. The maximum atomic E-state index is 12.1. The summed E-state index contributed by atoms with van der Waals surface area (Å²) >= 11 is 0. The number of carbonyl (C=O) groups excluding carboxylic acids is 1. The summed E-state index contributed by atoms with van der Waals surface area (Å²) in [5, 5.41) is 11.6. The van der Waals surface area contributed by atoms with Crippen LogP contribution in [0.15, 0.2) is 0 Å². The molecule has 20 heavy (non-hydrogen) atoms. The van der Waals surface area contributed by atoms with Crippen LogP contribution in [0.1, 0.15) is 71.6 Å². The number of hydrogen-bond donors (Lipinski definition) is 2. The molecule has 1 aliphatic carbocycles. The lowest BCUT2D eigenvalue weighted by atomic mass is 9.72. The van der Waals surface area contributed by atoms with E-state index in [1.807, 2.05) is 0 Å². The van der Waals surface area contributed by atoms with Crippen molar-refractivity contribution in [1.29, 1.82) is 0 Å². The first-order valence-electron chi connectivity index (χ1n) is 7.90. The Hall–Kier alpha value is -1.06. The van der Waals surface area contributed by atoms with Crippen molar-refractivity contribution in [2.75, 3.05) is 6.54 Å². The summed E-state index contributed by atoms with van der Waals surface area (Å²) in [6.07, 6.45) is 8.25. The third kappa shape index (κ3) is 6.92. The molecule has 0 aromatic rings. The molecular formula is C16H29NO3. The number of carboxylic acid groups (broad SMARTS) is 1. The Kier molecular flexibility index (Phi) is 7.03. The molecule has 0 bridgehead atoms. The van der Waals surface area contributed by atoms with E-state index in [0.717, 1.165) is 51.5 Å². The van der Waals surface area contributed by atoms with Crippen LogP contribution in [0.3, 0.4) is 0 Å². The second-order valence-corrected chi connectivity index (χ2v) is 6.81. The minimum atomic E-state index is -0.724. The number of unbranched alkanes of at least 4 members (excludes halogenated alkanes) is 3. The molecule has 0 heterocycles. The molecule has 4 heteroatoms. The van der Waals surface area contributed by atoms with Crippen molar-refractivity contribution in [3.05, 3.63) is 0 Å². The number of carbonyl (C=O) groups is 2. The number of nitrogens with one attached hydrogen (secondary N) is 1. The molecule has 0 aromatic carbocycles. The Bertz CT molecular complexity index is 326. The molecule has 0 aromatic heterocycles. The second-order valence-electron chi connectivity index (χ2n) is 6.81. The van der Waals surface area contributed by atoms with Crippen molar-refractivity contribution < 1.29 is 14.7 Å². The van der Waals surface area contributed by atoms with Gasteiger partial charge in [0.25, 0.3) is 0 Å². The van der Waals surface area contributed by atoms with Crippen LogP contribution in [0.2, 0.25) is 0 Å². The van der Waals surface area contributed by atoms with Crippen LogP contribution in [0, 0.1) is 11.3 Å². The molecule has 4 nitrogen and oxygen atoms in total. The van der Waals surface area contributed by atoms with Crippen molar-refractivity contribution in [2.24, 2.45) is 11.3 Å². The number of rotatable bonds is 8. The topological polar surface area (TPSA) is 66.4 Å². The first-order valence-corrected chi connectivity index (χ1v) is 7.90. The van der Waals surface area contributed by atoms with Gasteiger partial charge in [0.1, 0.15) is 0 Å². The molecule has 1 rings (SSSR count). The quantitative estimate of drug-likeness (QED) is 0.671. The smallest absolute Gasteiger partial charge is 0.303 e. The minimum Gasteiger partial charge on any atom is -0.481 e. The zero-order valence-corrected chi connectivity index (χ0v) is 12.9. The van der Waals surface area contributed by atoms with Gasteiger partial charge >= 0.3 is 5.97 Å². The largest absolute Gasteiger partial charge is 0.481 e. The minimum absolute atomic E-state index is 0.186. The maximum absolute atomic E-state index is 12.1. The van der Waals surface area contributed by atoms with E-state index >= 15 is 0 Å². The highest BCUT2D eigenvalue weighted by Gasteiger charge is 2.31. The summed E-state index contributed by atoms with van der Waals surface area (Å²) < 4.78 is 0. The van der Waals surface area contributed by atoms with E-state index in [9.17, 15) is 9.59 Å². The average molecular weight is 283 g/mol. The Labute approximate surface area is 122 Å². The van der Waals surface area contributed by atoms with E-state index in [1.54, 1.807) is 0 Å². The second kappa shape index (κ2) is 8.28. The summed E-state index contributed by atoms with van der Waals surface area (Å²) in [7, 11) is 0. The Morgan fingerprint density at radius 2 is 1.90 bits per heavy atom. The fourth-order valence-electron chi connectivity index (χ4n) is 3.03. The molecular weight excluding hydrogens is 254 g/mol. The predicted molar refractivity (Wildman–Crippen MR) is 79.5 cm³/mol. The summed E-state index contributed by atoms with van der Waals surface area (Å²) in [5.74, 6) is -0.327. The standard InChI is InChI=1S/C16H29NO3/c1-16(2)10-7-8-13(12-16)15(20)17-11-6-4-3-5-9-14(18)19/h13H,3-12H2,1-2H3,(H,17,20)(H,18,19). The van der Waals surface area contributed by atoms with Crippen molar-refractivity contribution >= 4 is 11.9 Å². The summed E-state index contributed by atoms with van der Waals surface area (Å²) in [4.78, 5) is 22.4. The van der Waals surface area contributed by atoms with Gasteiger partial charge in [0.2, 0.25) is 5.91 Å². The molecule has 1 atom stereocenters. The molecule has 0 aliphatic heterocycles. The highest BCUT2D eigenvalue weighted by molar-refractivity contribution is 5.78. The van der Waals surface area contributed by atoms with Crippen LogP contribution >= 0.6 is 0 Å². The van der Waals surface area contributed by atoms with E-state index in [0.29, 0.717) is 5.41 Å². The van der Waals surface area contributed by atoms with Crippen molar-refractivity contribution in [2.45, 2.75) is 71.6 Å². The Balaban J connectivity index is 2.07. The fraction of sp³-hybridized carbons (Fsp3) is 0.875. The van der Waals surface area contributed by atoms with Gasteiger partial charge in [-0.25, -0.2) is 0 Å². The van der Waals surface area contributed by atoms with Crippen LogP contribution in [-0.2, 0) is 9.59 Å². The van der Waals surface area contributed by atoms with Crippen molar-refractivity contribution in [3.63, 3.8) is 0 Å². The molecule has 1 aliphatic rings. The fourth-order valence-corrected chi connectivity index (χ4v) is 3.03. The summed E-state index contributed by atoms with van der Waals surface area (Å²) in [5.41, 5.74) is 0.303. The zero-order chi connectivity index (χ0) is 15.0. The molecule has 116 valence electrons. The lowest BCUT2D eigenvalue weighted by molar-refractivity contribution is -0.137. The van der Waals surface area contributed by atoms with Crippen LogP contribution < -0.4 is 5.32 Å². The number of aliphatic carboxylic acids is 1. The van der Waals surface area contributed by atoms with E-state index in [2.05, 4.69) is 19.2 Å². The number of carboxylic acids is 1. The molecule has 1 unspecified atom stereocenters. The van der Waals surface area contributed by atoms with Gasteiger partial charge in [0, 0.05) is 18.9 Å². The number of amides is 1. The van der Waals surface area contributed by atoms with Gasteiger partial charge in [-0.15, -0.1) is 0 Å². The molecule has 0 saturated heterocycles. The third-order valence-corrected chi connectivity index (χ3v) is 4.19. The van der Waals surface area contributed by atoms with E-state index in [-0.39, 0.29) is 18.2 Å². The van der Waals surface area contributed by atoms with Gasteiger partial charge in [-0.3, -0.25) is 9.59 Å². The molecule has 1 amide bonds. The SMILES string of the molecule is CC1(C)CCCC(C(=O)NCCCCCCC(=O)O)C1. The highest BCUT2D eigenvalue weighted by Crippen LogP contribution is 2.38. The van der Waals surface area contributed by atoms with E-state index in [1.165, 1.54) is 6.42 Å². The lowest BCUT2D eigenvalue weighted by Gasteiger charge is -2.34. The molecule has 1 saturated carbocycles. The zero-order valence-electron chi connectivity index (χ0n) is 12.9. The molecule has 0 spiro atoms. The van der Waals surface area contributed by atoms with Crippen molar-refractivity contribution in [3.8, 4) is 0 Å². The Morgan fingerprint density at radius 3 is 2.55 bits per heavy atom. The summed E-state index contributed by atoms with van der Waals surface area (Å²) in [6, 6.07) is 0. The van der Waals surface area contributed by atoms with Crippen LogP contribution in [0.5, 0.6) is 0 Å². The van der Waals surface area contributed by atoms with Crippen LogP contribution in [-0.4, -0.2) is 23.5 Å². The van der Waals surface area contributed by atoms with E-state index in [4.69, 9.17) is 5.11 Å². The monoisotopic (exact) mass is 283 g/mol. The molecule has 2 N–H and O–H groups in total. The van der Waals surface area contributed by atoms with Gasteiger partial charge in [0.15, 0.2) is 0 Å². The average Bonchev–Trinajstić information content (AvgIpc) is 2.35. The molecule has 1 fully saturated rings. The lowest BCUT2D eigenvalue weighted by Crippen LogP contribution is -2.36. The molecule has 0 radical (unpaired) electrons. The normalized spacial score (nSPS) is 21.4. The maximum Gasteiger partial charge on any atom is 0.303 e. The van der Waals surface area contributed by atoms with Gasteiger partial charge in [0.05, 0.1) is 0 Å². The van der Waals surface area contributed by atoms with Gasteiger partial charge < -0.3 is 10.4 Å². The van der Waals surface area contributed by atoms with Crippen molar-refractivity contribution in [1.82, 2.24) is 5.32 Å². The number of hydrogen-bond acceptors (Lipinski definition) is 2.